The number of hydrogen-bond donors (Lipinski definition) is 0. The zero-order valence-electron chi connectivity index (χ0n) is 14.0. The molecule has 0 aromatic heterocycles. The van der Waals surface area contributed by atoms with Crippen LogP contribution in [-0.4, -0.2) is 32.9 Å². The van der Waals surface area contributed by atoms with Crippen LogP contribution in [0.15, 0.2) is 60.7 Å². The normalized spacial score (nSPS) is 10.5. The van der Waals surface area contributed by atoms with Crippen molar-refractivity contribution in [3.63, 3.8) is 0 Å². The average Bonchev–Trinajstić information content (AvgIpc) is 2.62. The lowest BCUT2D eigenvalue weighted by Crippen LogP contribution is -2.29. The van der Waals surface area contributed by atoms with E-state index in [1.54, 1.807) is 0 Å². The Hall–Kier alpha value is -2.00. The Morgan fingerprint density at radius 2 is 1.48 bits per heavy atom. The minimum atomic E-state index is 0.588. The first-order chi connectivity index (χ1) is 11.4. The quantitative estimate of drug-likeness (QED) is 0.574. The summed E-state index contributed by atoms with van der Waals surface area (Å²) >= 11 is 0. The van der Waals surface area contributed by atoms with Gasteiger partial charge in [-0.05, 0) is 30.7 Å². The molecule has 2 aromatic carbocycles. The lowest BCUT2D eigenvalue weighted by atomic mass is 10.2. The lowest BCUT2D eigenvalue weighted by molar-refractivity contribution is 0.105. The standard InChI is InChI=1S/C20H27NO2/c1-2-3-14-21(19-10-6-4-7-11-19)15-16-22-17-18-23-20-12-8-5-9-13-20/h4-13H,2-3,14-18H2,1H3. The van der Waals surface area contributed by atoms with Crippen LogP contribution in [0.5, 0.6) is 5.75 Å². The predicted molar refractivity (Wildman–Crippen MR) is 96.3 cm³/mol. The van der Waals surface area contributed by atoms with Crippen LogP contribution < -0.4 is 9.64 Å². The summed E-state index contributed by atoms with van der Waals surface area (Å²) in [4.78, 5) is 2.39. The molecule has 0 spiro atoms. The van der Waals surface area contributed by atoms with Gasteiger partial charge in [0.1, 0.15) is 12.4 Å². The van der Waals surface area contributed by atoms with Gasteiger partial charge in [-0.3, -0.25) is 0 Å². The largest absolute Gasteiger partial charge is 0.491 e. The van der Waals surface area contributed by atoms with E-state index in [1.807, 2.05) is 30.3 Å². The number of hydrogen-bond acceptors (Lipinski definition) is 3. The van der Waals surface area contributed by atoms with Crippen molar-refractivity contribution in [3.8, 4) is 5.75 Å². The molecule has 0 N–H and O–H groups in total. The Bertz CT molecular complexity index is 516. The monoisotopic (exact) mass is 313 g/mol. The molecule has 2 aromatic rings. The summed E-state index contributed by atoms with van der Waals surface area (Å²) in [6, 6.07) is 20.4. The summed E-state index contributed by atoms with van der Waals surface area (Å²) in [5, 5.41) is 0. The molecule has 0 aliphatic carbocycles. The van der Waals surface area contributed by atoms with Crippen LogP contribution in [0, 0.1) is 0 Å². The number of rotatable bonds is 11. The Kier molecular flexibility index (Phi) is 8.06. The van der Waals surface area contributed by atoms with E-state index in [-0.39, 0.29) is 0 Å². The smallest absolute Gasteiger partial charge is 0.119 e. The van der Waals surface area contributed by atoms with E-state index in [4.69, 9.17) is 9.47 Å². The maximum Gasteiger partial charge on any atom is 0.119 e. The first-order valence-corrected chi connectivity index (χ1v) is 8.45. The van der Waals surface area contributed by atoms with E-state index in [2.05, 4.69) is 42.2 Å². The molecule has 0 unspecified atom stereocenters. The minimum Gasteiger partial charge on any atom is -0.491 e. The molecule has 0 heterocycles. The fraction of sp³-hybridized carbons (Fsp3) is 0.400. The predicted octanol–water partition coefficient (Wildman–Crippen LogP) is 4.39. The summed E-state index contributed by atoms with van der Waals surface area (Å²) in [7, 11) is 0. The summed E-state index contributed by atoms with van der Waals surface area (Å²) in [5.41, 5.74) is 1.27. The number of para-hydroxylation sites is 2. The van der Waals surface area contributed by atoms with Gasteiger partial charge in [-0.25, -0.2) is 0 Å². The van der Waals surface area contributed by atoms with Crippen molar-refractivity contribution in [2.24, 2.45) is 0 Å². The second-order valence-corrected chi connectivity index (χ2v) is 5.45. The second-order valence-electron chi connectivity index (χ2n) is 5.45. The highest BCUT2D eigenvalue weighted by Gasteiger charge is 2.05. The summed E-state index contributed by atoms with van der Waals surface area (Å²) in [6.07, 6.45) is 2.40. The Morgan fingerprint density at radius 1 is 0.783 bits per heavy atom. The summed E-state index contributed by atoms with van der Waals surface area (Å²) in [5.74, 6) is 0.893. The second kappa shape index (κ2) is 10.7. The third kappa shape index (κ3) is 6.74. The van der Waals surface area contributed by atoms with Gasteiger partial charge < -0.3 is 14.4 Å². The fourth-order valence-electron chi connectivity index (χ4n) is 2.37. The fourth-order valence-corrected chi connectivity index (χ4v) is 2.37. The molecule has 0 aliphatic rings. The van der Waals surface area contributed by atoms with Crippen molar-refractivity contribution in [2.45, 2.75) is 19.8 Å². The van der Waals surface area contributed by atoms with Crippen LogP contribution in [0.1, 0.15) is 19.8 Å². The molecule has 0 aliphatic heterocycles. The molecule has 2 rings (SSSR count). The lowest BCUT2D eigenvalue weighted by Gasteiger charge is -2.24. The van der Waals surface area contributed by atoms with Gasteiger partial charge in [-0.2, -0.15) is 0 Å². The third-order valence-electron chi connectivity index (χ3n) is 3.65. The SMILES string of the molecule is CCCCN(CCOCCOc1ccccc1)c1ccccc1. The topological polar surface area (TPSA) is 21.7 Å². The number of anilines is 1. The molecular weight excluding hydrogens is 286 g/mol. The van der Waals surface area contributed by atoms with Gasteiger partial charge in [0.2, 0.25) is 0 Å². The summed E-state index contributed by atoms with van der Waals surface area (Å²) in [6.45, 7) is 6.13. The van der Waals surface area contributed by atoms with Gasteiger partial charge >= 0.3 is 0 Å². The molecule has 0 saturated carbocycles. The van der Waals surface area contributed by atoms with Gasteiger partial charge in [-0.1, -0.05) is 49.7 Å². The van der Waals surface area contributed by atoms with Crippen LogP contribution >= 0.6 is 0 Å². The van der Waals surface area contributed by atoms with Gasteiger partial charge in [0.05, 0.1) is 13.2 Å². The van der Waals surface area contributed by atoms with E-state index in [0.717, 1.165) is 25.4 Å². The molecule has 124 valence electrons. The van der Waals surface area contributed by atoms with Gasteiger partial charge in [0, 0.05) is 18.8 Å². The molecule has 0 saturated heterocycles. The van der Waals surface area contributed by atoms with Crippen LogP contribution in [0.3, 0.4) is 0 Å². The number of benzene rings is 2. The van der Waals surface area contributed by atoms with E-state index in [0.29, 0.717) is 13.2 Å². The third-order valence-corrected chi connectivity index (χ3v) is 3.65. The molecule has 3 heteroatoms. The Balaban J connectivity index is 1.65. The van der Waals surface area contributed by atoms with Crippen molar-refractivity contribution in [1.82, 2.24) is 0 Å². The van der Waals surface area contributed by atoms with E-state index in [9.17, 15) is 0 Å². The number of unbranched alkanes of at least 4 members (excludes halogenated alkanes) is 1. The van der Waals surface area contributed by atoms with Crippen LogP contribution in [0.25, 0.3) is 0 Å². The van der Waals surface area contributed by atoms with Crippen LogP contribution in [-0.2, 0) is 4.74 Å². The van der Waals surface area contributed by atoms with Crippen molar-refractivity contribution < 1.29 is 9.47 Å². The maximum absolute atomic E-state index is 5.72. The Morgan fingerprint density at radius 3 is 2.17 bits per heavy atom. The first kappa shape index (κ1) is 17.4. The molecule has 0 bridgehead atoms. The van der Waals surface area contributed by atoms with Crippen molar-refractivity contribution in [1.29, 1.82) is 0 Å². The molecule has 0 radical (unpaired) electrons. The van der Waals surface area contributed by atoms with Crippen molar-refractivity contribution in [3.05, 3.63) is 60.7 Å². The highest BCUT2D eigenvalue weighted by molar-refractivity contribution is 5.45. The number of nitrogens with zero attached hydrogens (tertiary/aromatic N) is 1. The van der Waals surface area contributed by atoms with Crippen molar-refractivity contribution >= 4 is 5.69 Å². The average molecular weight is 313 g/mol. The highest BCUT2D eigenvalue weighted by Crippen LogP contribution is 2.13. The molecule has 0 amide bonds. The van der Waals surface area contributed by atoms with E-state index < -0.39 is 0 Å². The number of ether oxygens (including phenoxy) is 2. The van der Waals surface area contributed by atoms with Gasteiger partial charge in [-0.15, -0.1) is 0 Å². The van der Waals surface area contributed by atoms with Crippen LogP contribution in [0.2, 0.25) is 0 Å². The molecule has 23 heavy (non-hydrogen) atoms. The molecule has 0 fully saturated rings. The molecule has 0 atom stereocenters. The van der Waals surface area contributed by atoms with Crippen LogP contribution in [0.4, 0.5) is 5.69 Å². The zero-order chi connectivity index (χ0) is 16.2. The highest BCUT2D eigenvalue weighted by atomic mass is 16.5. The van der Waals surface area contributed by atoms with Crippen molar-refractivity contribution in [2.75, 3.05) is 37.8 Å². The molecular formula is C20H27NO2. The van der Waals surface area contributed by atoms with Gasteiger partial charge in [0.25, 0.3) is 0 Å². The Labute approximate surface area is 139 Å². The minimum absolute atomic E-state index is 0.588. The zero-order valence-corrected chi connectivity index (χ0v) is 14.0. The summed E-state index contributed by atoms with van der Waals surface area (Å²) < 4.78 is 11.3. The first-order valence-electron chi connectivity index (χ1n) is 8.45. The van der Waals surface area contributed by atoms with E-state index in [1.165, 1.54) is 18.5 Å². The van der Waals surface area contributed by atoms with Gasteiger partial charge in [0.15, 0.2) is 0 Å². The maximum atomic E-state index is 5.72. The van der Waals surface area contributed by atoms with E-state index >= 15 is 0 Å². The molecule has 3 nitrogen and oxygen atoms in total.